The van der Waals surface area contributed by atoms with Crippen LogP contribution in [0.2, 0.25) is 0 Å². The molecule has 0 fully saturated rings. The number of rotatable bonds is 3. The van der Waals surface area contributed by atoms with Crippen LogP contribution in [0.3, 0.4) is 0 Å². The molecule has 0 saturated heterocycles. The van der Waals surface area contributed by atoms with Crippen LogP contribution in [0.1, 0.15) is 0 Å². The zero-order chi connectivity index (χ0) is 11.6. The van der Waals surface area contributed by atoms with Crippen LogP contribution in [-0.2, 0) is 10.1 Å². The third-order valence-corrected chi connectivity index (χ3v) is 2.56. The van der Waals surface area contributed by atoms with Crippen LogP contribution < -0.4 is 4.74 Å². The predicted octanol–water partition coefficient (Wildman–Crippen LogP) is 1.27. The molecule has 0 aliphatic rings. The Labute approximate surface area is 97.3 Å². The molecule has 0 heterocycles. The van der Waals surface area contributed by atoms with E-state index in [9.17, 15) is 18.5 Å². The Morgan fingerprint density at radius 3 is 2.38 bits per heavy atom. The minimum Gasteiger partial charge on any atom is -0.495 e. The summed E-state index contributed by atoms with van der Waals surface area (Å²) in [6.07, 6.45) is 0. The number of nitrogens with zero attached hydrogens (tertiary/aromatic N) is 1. The van der Waals surface area contributed by atoms with Crippen molar-refractivity contribution in [1.29, 1.82) is 0 Å². The molecule has 1 aromatic rings. The predicted molar refractivity (Wildman–Crippen MR) is 56.7 cm³/mol. The highest BCUT2D eigenvalue weighted by Gasteiger charge is 2.28. The van der Waals surface area contributed by atoms with E-state index in [0.29, 0.717) is 0 Å². The highest BCUT2D eigenvalue weighted by molar-refractivity contribution is 7.86. The first-order valence-corrected chi connectivity index (χ1v) is 5.11. The zero-order valence-electron chi connectivity index (χ0n) is 7.98. The van der Waals surface area contributed by atoms with E-state index in [-0.39, 0.29) is 18.2 Å². The van der Waals surface area contributed by atoms with Crippen molar-refractivity contribution in [2.24, 2.45) is 0 Å². The Balaban J connectivity index is 0.00000225. The number of methoxy groups -OCH3 is 1. The second-order valence-electron chi connectivity index (χ2n) is 2.54. The number of hydrogen-bond acceptors (Lipinski definition) is 5. The van der Waals surface area contributed by atoms with E-state index in [4.69, 9.17) is 4.55 Å². The normalized spacial score (nSPS) is 10.4. The quantitative estimate of drug-likeness (QED) is 0.503. The maximum Gasteiger partial charge on any atom is 0.305 e. The van der Waals surface area contributed by atoms with E-state index in [1.165, 1.54) is 12.1 Å². The lowest BCUT2D eigenvalue weighted by Crippen LogP contribution is -2.05. The number of ether oxygens (including phenoxy) is 1. The van der Waals surface area contributed by atoms with E-state index in [2.05, 4.69) is 4.74 Å². The van der Waals surface area contributed by atoms with Gasteiger partial charge in [-0.25, -0.2) is 0 Å². The Morgan fingerprint density at radius 1 is 1.44 bits per heavy atom. The van der Waals surface area contributed by atoms with Gasteiger partial charge in [-0.15, -0.1) is 12.4 Å². The Hall–Kier alpha value is -1.38. The molecule has 1 rings (SSSR count). The van der Waals surface area contributed by atoms with Gasteiger partial charge < -0.3 is 4.74 Å². The summed E-state index contributed by atoms with van der Waals surface area (Å²) in [6.45, 7) is 0. The fourth-order valence-corrected chi connectivity index (χ4v) is 1.88. The fraction of sp³-hybridized carbons (Fsp3) is 0.143. The molecule has 0 spiro atoms. The molecule has 0 atom stereocenters. The van der Waals surface area contributed by atoms with E-state index in [0.717, 1.165) is 13.2 Å². The molecule has 9 heteroatoms. The van der Waals surface area contributed by atoms with Gasteiger partial charge in [0.1, 0.15) is 5.75 Å². The highest BCUT2D eigenvalue weighted by Crippen LogP contribution is 2.32. The Morgan fingerprint density at radius 2 is 2.00 bits per heavy atom. The van der Waals surface area contributed by atoms with Gasteiger partial charge in [0.25, 0.3) is 5.69 Å². The lowest BCUT2D eigenvalue weighted by Gasteiger charge is -2.05. The molecule has 0 unspecified atom stereocenters. The van der Waals surface area contributed by atoms with Crippen molar-refractivity contribution >= 4 is 28.2 Å². The van der Waals surface area contributed by atoms with Gasteiger partial charge >= 0.3 is 10.1 Å². The molecule has 0 aromatic heterocycles. The first-order chi connectivity index (χ1) is 6.88. The van der Waals surface area contributed by atoms with E-state index >= 15 is 0 Å². The van der Waals surface area contributed by atoms with Gasteiger partial charge in [0.2, 0.25) is 4.90 Å². The average molecular weight is 270 g/mol. The summed E-state index contributed by atoms with van der Waals surface area (Å²) in [7, 11) is -3.54. The number of hydrogen-bond donors (Lipinski definition) is 1. The summed E-state index contributed by atoms with van der Waals surface area (Å²) in [5, 5.41) is 10.5. The summed E-state index contributed by atoms with van der Waals surface area (Å²) in [6, 6.07) is 3.42. The molecule has 0 saturated carbocycles. The summed E-state index contributed by atoms with van der Waals surface area (Å²) in [5.74, 6) is -0.272. The van der Waals surface area contributed by atoms with Crippen LogP contribution in [0, 0.1) is 10.1 Å². The minimum atomic E-state index is -4.69. The van der Waals surface area contributed by atoms with Crippen LogP contribution in [0.25, 0.3) is 0 Å². The van der Waals surface area contributed by atoms with Crippen LogP contribution >= 0.6 is 12.4 Å². The molecule has 0 amide bonds. The van der Waals surface area contributed by atoms with Crippen LogP contribution in [0.5, 0.6) is 5.75 Å². The first kappa shape index (κ1) is 14.6. The molecule has 7 nitrogen and oxygen atoms in total. The van der Waals surface area contributed by atoms with Gasteiger partial charge in [0, 0.05) is 6.07 Å². The van der Waals surface area contributed by atoms with Gasteiger partial charge in [-0.05, 0) is 6.07 Å². The molecule has 0 radical (unpaired) electrons. The number of benzene rings is 1. The summed E-state index contributed by atoms with van der Waals surface area (Å²) in [5.41, 5.74) is -0.725. The van der Waals surface area contributed by atoms with Crippen molar-refractivity contribution in [3.8, 4) is 5.75 Å². The molecule has 0 bridgehead atoms. The van der Waals surface area contributed by atoms with Gasteiger partial charge in [0.05, 0.1) is 12.0 Å². The second-order valence-corrected chi connectivity index (χ2v) is 3.90. The third-order valence-electron chi connectivity index (χ3n) is 1.63. The summed E-state index contributed by atoms with van der Waals surface area (Å²) >= 11 is 0. The molecule has 90 valence electrons. The number of nitro groups is 1. The van der Waals surface area contributed by atoms with Crippen LogP contribution in [0.4, 0.5) is 5.69 Å². The minimum absolute atomic E-state index is 0. The maximum absolute atomic E-state index is 10.9. The topological polar surface area (TPSA) is 107 Å². The Kier molecular flexibility index (Phi) is 4.66. The molecule has 0 aliphatic carbocycles. The van der Waals surface area contributed by atoms with Crippen LogP contribution in [0.15, 0.2) is 23.1 Å². The van der Waals surface area contributed by atoms with E-state index in [1.807, 2.05) is 0 Å². The van der Waals surface area contributed by atoms with Crippen LogP contribution in [-0.4, -0.2) is 25.0 Å². The number of halogens is 1. The molecule has 0 aliphatic heterocycles. The van der Waals surface area contributed by atoms with E-state index in [1.54, 1.807) is 0 Å². The molecule has 1 N–H and O–H groups in total. The average Bonchev–Trinajstić information content (AvgIpc) is 2.15. The van der Waals surface area contributed by atoms with Crippen molar-refractivity contribution in [1.82, 2.24) is 0 Å². The molecular formula is C7H8ClNO6S. The molecular weight excluding hydrogens is 262 g/mol. The Bertz CT molecular complexity index is 500. The van der Waals surface area contributed by atoms with Gasteiger partial charge in [-0.3, -0.25) is 14.7 Å². The van der Waals surface area contributed by atoms with Crippen molar-refractivity contribution in [3.63, 3.8) is 0 Å². The first-order valence-electron chi connectivity index (χ1n) is 3.67. The fourth-order valence-electron chi connectivity index (χ4n) is 1.07. The molecule has 1 aromatic carbocycles. The standard InChI is InChI=1S/C7H7NO6S.ClH/c1-14-6-4-2-3-5(8(9)10)7(6)15(11,12)13;/h2-4H,1H3,(H,11,12,13);1H. The maximum atomic E-state index is 10.9. The van der Waals surface area contributed by atoms with Gasteiger partial charge in [0.15, 0.2) is 0 Å². The monoisotopic (exact) mass is 269 g/mol. The SMILES string of the molecule is COc1cccc([N+](=O)[O-])c1S(=O)(=O)O.Cl. The van der Waals surface area contributed by atoms with Crippen molar-refractivity contribution in [2.75, 3.05) is 7.11 Å². The second kappa shape index (κ2) is 5.10. The largest absolute Gasteiger partial charge is 0.495 e. The summed E-state index contributed by atoms with van der Waals surface area (Å²) < 4.78 is 35.3. The lowest BCUT2D eigenvalue weighted by atomic mass is 10.3. The van der Waals surface area contributed by atoms with Gasteiger partial charge in [-0.2, -0.15) is 8.42 Å². The smallest absolute Gasteiger partial charge is 0.305 e. The van der Waals surface area contributed by atoms with E-state index < -0.39 is 25.6 Å². The van der Waals surface area contributed by atoms with Gasteiger partial charge in [-0.1, -0.05) is 6.07 Å². The molecule has 16 heavy (non-hydrogen) atoms. The van der Waals surface area contributed by atoms with Crippen molar-refractivity contribution in [2.45, 2.75) is 4.90 Å². The number of nitro benzene ring substituents is 1. The third kappa shape index (κ3) is 2.81. The zero-order valence-corrected chi connectivity index (χ0v) is 9.62. The van der Waals surface area contributed by atoms with Crippen molar-refractivity contribution in [3.05, 3.63) is 28.3 Å². The van der Waals surface area contributed by atoms with Crippen molar-refractivity contribution < 1.29 is 22.6 Å². The summed E-state index contributed by atoms with van der Waals surface area (Å²) in [4.78, 5) is 8.76. The highest BCUT2D eigenvalue weighted by atomic mass is 35.5. The lowest BCUT2D eigenvalue weighted by molar-refractivity contribution is -0.388.